The number of nitrogens with zero attached hydrogens (tertiary/aromatic N) is 2. The van der Waals surface area contributed by atoms with Crippen molar-refractivity contribution >= 4 is 5.69 Å². The van der Waals surface area contributed by atoms with Crippen LogP contribution in [0.5, 0.6) is 5.75 Å². The van der Waals surface area contributed by atoms with Gasteiger partial charge in [-0.15, -0.1) is 0 Å². The van der Waals surface area contributed by atoms with E-state index in [2.05, 4.69) is 66.0 Å². The number of ether oxygens (including phenoxy) is 1. The third-order valence-corrected chi connectivity index (χ3v) is 4.37. The Bertz CT molecular complexity index is 794. The van der Waals surface area contributed by atoms with Gasteiger partial charge in [0.1, 0.15) is 5.75 Å². The van der Waals surface area contributed by atoms with Gasteiger partial charge in [-0.3, -0.25) is 4.68 Å². The highest BCUT2D eigenvalue weighted by atomic mass is 16.5. The molecule has 4 nitrogen and oxygen atoms in total. The molecule has 3 aromatic rings. The number of hydrogen-bond donors (Lipinski definition) is 1. The number of hydrogen-bond acceptors (Lipinski definition) is 3. The fourth-order valence-corrected chi connectivity index (χ4v) is 3.04. The maximum Gasteiger partial charge on any atom is 0.118 e. The largest absolute Gasteiger partial charge is 0.497 e. The fourth-order valence-electron chi connectivity index (χ4n) is 3.04. The molecule has 0 fully saturated rings. The maximum atomic E-state index is 5.26. The molecule has 1 unspecified atom stereocenters. The van der Waals surface area contributed by atoms with Gasteiger partial charge in [-0.05, 0) is 36.1 Å². The molecule has 25 heavy (non-hydrogen) atoms. The lowest BCUT2D eigenvalue weighted by atomic mass is 9.98. The summed E-state index contributed by atoms with van der Waals surface area (Å²) in [5, 5.41) is 8.24. The molecular formula is C21H25N3O. The molecule has 0 bridgehead atoms. The van der Waals surface area contributed by atoms with Gasteiger partial charge < -0.3 is 10.1 Å². The average Bonchev–Trinajstić information content (AvgIpc) is 3.02. The number of aromatic nitrogens is 2. The molecule has 0 radical (unpaired) electrons. The van der Waals surface area contributed by atoms with Crippen LogP contribution < -0.4 is 10.1 Å². The van der Waals surface area contributed by atoms with Gasteiger partial charge in [0, 0.05) is 13.2 Å². The highest BCUT2D eigenvalue weighted by Gasteiger charge is 2.15. The Balaban J connectivity index is 1.86. The first-order valence-electron chi connectivity index (χ1n) is 8.66. The van der Waals surface area contributed by atoms with Gasteiger partial charge in [0.2, 0.25) is 0 Å². The second-order valence-corrected chi connectivity index (χ2v) is 6.18. The van der Waals surface area contributed by atoms with Gasteiger partial charge in [-0.25, -0.2) is 0 Å². The number of methoxy groups -OCH3 is 1. The van der Waals surface area contributed by atoms with Gasteiger partial charge >= 0.3 is 0 Å². The zero-order chi connectivity index (χ0) is 17.6. The Morgan fingerprint density at radius 2 is 1.80 bits per heavy atom. The van der Waals surface area contributed by atoms with E-state index in [0.717, 1.165) is 30.0 Å². The summed E-state index contributed by atoms with van der Waals surface area (Å²) in [5.74, 6) is 0.883. The second kappa shape index (κ2) is 7.88. The van der Waals surface area contributed by atoms with E-state index in [1.807, 2.05) is 23.9 Å². The van der Waals surface area contributed by atoms with Crippen LogP contribution in [0.15, 0.2) is 60.8 Å². The van der Waals surface area contributed by atoms with Crippen LogP contribution in [0.2, 0.25) is 0 Å². The second-order valence-electron chi connectivity index (χ2n) is 6.18. The topological polar surface area (TPSA) is 39.1 Å². The van der Waals surface area contributed by atoms with Gasteiger partial charge in [0.05, 0.1) is 24.5 Å². The van der Waals surface area contributed by atoms with Gasteiger partial charge in [0.25, 0.3) is 0 Å². The van der Waals surface area contributed by atoms with Gasteiger partial charge in [-0.1, -0.05) is 49.4 Å². The normalized spacial score (nSPS) is 12.0. The zero-order valence-corrected chi connectivity index (χ0v) is 15.1. The first kappa shape index (κ1) is 17.1. The summed E-state index contributed by atoms with van der Waals surface area (Å²) in [4.78, 5) is 0. The molecular weight excluding hydrogens is 310 g/mol. The van der Waals surface area contributed by atoms with Crippen molar-refractivity contribution in [1.82, 2.24) is 9.78 Å². The van der Waals surface area contributed by atoms with Crippen molar-refractivity contribution in [3.05, 3.63) is 77.6 Å². The van der Waals surface area contributed by atoms with Crippen molar-refractivity contribution in [2.45, 2.75) is 25.8 Å². The number of anilines is 1. The number of aryl methyl sites for hydroxylation is 2. The van der Waals surface area contributed by atoms with Crippen LogP contribution >= 0.6 is 0 Å². The van der Waals surface area contributed by atoms with Crippen molar-refractivity contribution < 1.29 is 4.74 Å². The molecule has 0 spiro atoms. The number of nitrogens with one attached hydrogen (secondary N) is 1. The van der Waals surface area contributed by atoms with Crippen LogP contribution in [0.1, 0.15) is 29.8 Å². The lowest BCUT2D eigenvalue weighted by Crippen LogP contribution is -2.14. The standard InChI is InChI=1S/C21H25N3O/c1-4-19-21(15-24(2)23-19)22-20(17-8-6-5-7-9-17)14-16-10-12-18(25-3)13-11-16/h5-13,15,20,22H,4,14H2,1-3H3. The maximum absolute atomic E-state index is 5.26. The van der Waals surface area contributed by atoms with Crippen LogP contribution in [-0.2, 0) is 19.9 Å². The van der Waals surface area contributed by atoms with Crippen LogP contribution in [0, 0.1) is 0 Å². The minimum Gasteiger partial charge on any atom is -0.497 e. The van der Waals surface area contributed by atoms with Crippen molar-refractivity contribution in [2.75, 3.05) is 12.4 Å². The quantitative estimate of drug-likeness (QED) is 0.696. The third kappa shape index (κ3) is 4.21. The van der Waals surface area contributed by atoms with E-state index in [1.165, 1.54) is 11.1 Å². The molecule has 1 heterocycles. The molecule has 3 rings (SSSR count). The van der Waals surface area contributed by atoms with Crippen LogP contribution in [-0.4, -0.2) is 16.9 Å². The molecule has 4 heteroatoms. The van der Waals surface area contributed by atoms with E-state index in [-0.39, 0.29) is 6.04 Å². The Morgan fingerprint density at radius 1 is 1.08 bits per heavy atom. The molecule has 2 aromatic carbocycles. The Labute approximate surface area is 149 Å². The van der Waals surface area contributed by atoms with Crippen molar-refractivity contribution in [3.8, 4) is 5.75 Å². The molecule has 0 saturated carbocycles. The van der Waals surface area contributed by atoms with E-state index < -0.39 is 0 Å². The smallest absolute Gasteiger partial charge is 0.118 e. The summed E-state index contributed by atoms with van der Waals surface area (Å²) in [6.07, 6.45) is 3.86. The molecule has 1 aromatic heterocycles. The summed E-state index contributed by atoms with van der Waals surface area (Å²) in [6.45, 7) is 2.13. The third-order valence-electron chi connectivity index (χ3n) is 4.37. The molecule has 1 atom stereocenters. The Hall–Kier alpha value is -2.75. The van der Waals surface area contributed by atoms with Crippen LogP contribution in [0.4, 0.5) is 5.69 Å². The Morgan fingerprint density at radius 3 is 2.44 bits per heavy atom. The van der Waals surface area contributed by atoms with Gasteiger partial charge in [-0.2, -0.15) is 5.10 Å². The number of benzene rings is 2. The zero-order valence-electron chi connectivity index (χ0n) is 15.1. The minimum atomic E-state index is 0.184. The van der Waals surface area contributed by atoms with Crippen molar-refractivity contribution in [2.24, 2.45) is 7.05 Å². The summed E-state index contributed by atoms with van der Waals surface area (Å²) in [6, 6.07) is 19.0. The summed E-state index contributed by atoms with van der Waals surface area (Å²) in [5.41, 5.74) is 4.74. The summed E-state index contributed by atoms with van der Waals surface area (Å²) < 4.78 is 7.13. The molecule has 0 amide bonds. The highest BCUT2D eigenvalue weighted by Crippen LogP contribution is 2.26. The van der Waals surface area contributed by atoms with E-state index in [4.69, 9.17) is 4.74 Å². The van der Waals surface area contributed by atoms with E-state index in [9.17, 15) is 0 Å². The lowest BCUT2D eigenvalue weighted by molar-refractivity contribution is 0.414. The van der Waals surface area contributed by atoms with Crippen molar-refractivity contribution in [3.63, 3.8) is 0 Å². The van der Waals surface area contributed by atoms with Crippen molar-refractivity contribution in [1.29, 1.82) is 0 Å². The molecule has 0 aliphatic rings. The average molecular weight is 335 g/mol. The lowest BCUT2D eigenvalue weighted by Gasteiger charge is -2.20. The van der Waals surface area contributed by atoms with Crippen LogP contribution in [0.3, 0.4) is 0 Å². The molecule has 0 aliphatic heterocycles. The number of rotatable bonds is 7. The van der Waals surface area contributed by atoms with E-state index >= 15 is 0 Å². The first-order chi connectivity index (χ1) is 12.2. The summed E-state index contributed by atoms with van der Waals surface area (Å²) >= 11 is 0. The minimum absolute atomic E-state index is 0.184. The fraction of sp³-hybridized carbons (Fsp3) is 0.286. The highest BCUT2D eigenvalue weighted by molar-refractivity contribution is 5.49. The first-order valence-corrected chi connectivity index (χ1v) is 8.66. The van der Waals surface area contributed by atoms with E-state index in [0.29, 0.717) is 0 Å². The predicted octanol–water partition coefficient (Wildman–Crippen LogP) is 4.39. The molecule has 0 aliphatic carbocycles. The monoisotopic (exact) mass is 335 g/mol. The summed E-state index contributed by atoms with van der Waals surface area (Å²) in [7, 11) is 3.66. The van der Waals surface area contributed by atoms with Crippen LogP contribution in [0.25, 0.3) is 0 Å². The molecule has 130 valence electrons. The SMILES string of the molecule is CCc1nn(C)cc1NC(Cc1ccc(OC)cc1)c1ccccc1. The molecule has 0 saturated heterocycles. The van der Waals surface area contributed by atoms with E-state index in [1.54, 1.807) is 7.11 Å². The Kier molecular flexibility index (Phi) is 5.39. The molecule has 1 N–H and O–H groups in total. The predicted molar refractivity (Wildman–Crippen MR) is 102 cm³/mol. The van der Waals surface area contributed by atoms with Gasteiger partial charge in [0.15, 0.2) is 0 Å².